The van der Waals surface area contributed by atoms with Gasteiger partial charge in [0.25, 0.3) is 0 Å². The number of hydrogen-bond acceptors (Lipinski definition) is 6. The average Bonchev–Trinajstić information content (AvgIpc) is 2.79. The highest BCUT2D eigenvalue weighted by atomic mass is 32.2. The minimum Gasteiger partial charge on any atom is -0.497 e. The standard InChI is InChI=1S/C24H25NO4S/c1-27-18-11-8-16(9-12-18)20(26)15-24(30-23-7-5-4-6-19(23)25)17-10-13-21(28-2)22(14-17)29-3/h4-14,24H,15,25H2,1-3H3. The van der Waals surface area contributed by atoms with Crippen LogP contribution in [0.3, 0.4) is 0 Å². The molecule has 3 aromatic rings. The molecule has 0 aliphatic heterocycles. The van der Waals surface area contributed by atoms with Gasteiger partial charge in [-0.2, -0.15) is 0 Å². The van der Waals surface area contributed by atoms with E-state index in [-0.39, 0.29) is 11.0 Å². The number of ketones is 1. The van der Waals surface area contributed by atoms with Gasteiger partial charge in [-0.15, -0.1) is 11.8 Å². The lowest BCUT2D eigenvalue weighted by Gasteiger charge is -2.19. The Morgan fingerprint density at radius 1 is 0.900 bits per heavy atom. The molecule has 0 amide bonds. The summed E-state index contributed by atoms with van der Waals surface area (Å²) in [5.41, 5.74) is 8.45. The van der Waals surface area contributed by atoms with Crippen molar-refractivity contribution in [1.29, 1.82) is 0 Å². The maximum atomic E-state index is 13.0. The molecule has 6 heteroatoms. The maximum Gasteiger partial charge on any atom is 0.164 e. The Hall–Kier alpha value is -3.12. The summed E-state index contributed by atoms with van der Waals surface area (Å²) < 4.78 is 16.0. The summed E-state index contributed by atoms with van der Waals surface area (Å²) in [7, 11) is 4.80. The molecule has 30 heavy (non-hydrogen) atoms. The number of carbonyl (C=O) groups excluding carboxylic acids is 1. The molecule has 0 saturated carbocycles. The van der Waals surface area contributed by atoms with E-state index >= 15 is 0 Å². The second kappa shape index (κ2) is 10.1. The number of nitrogens with two attached hydrogens (primary N) is 1. The van der Waals surface area contributed by atoms with E-state index in [4.69, 9.17) is 19.9 Å². The summed E-state index contributed by atoms with van der Waals surface area (Å²) in [6.07, 6.45) is 0.306. The third-order valence-electron chi connectivity index (χ3n) is 4.75. The molecule has 0 radical (unpaired) electrons. The number of anilines is 1. The molecule has 0 heterocycles. The van der Waals surface area contributed by atoms with E-state index in [0.717, 1.165) is 16.2 Å². The van der Waals surface area contributed by atoms with Gasteiger partial charge in [0.05, 0.1) is 21.3 Å². The number of rotatable bonds is 9. The fourth-order valence-corrected chi connectivity index (χ4v) is 4.27. The van der Waals surface area contributed by atoms with Crippen LogP contribution in [0.25, 0.3) is 0 Å². The molecule has 0 aliphatic rings. The van der Waals surface area contributed by atoms with Crippen LogP contribution in [0.4, 0.5) is 5.69 Å². The number of thioether (sulfide) groups is 1. The number of carbonyl (C=O) groups is 1. The molecule has 0 saturated heterocycles. The molecule has 1 unspecified atom stereocenters. The van der Waals surface area contributed by atoms with E-state index in [1.165, 1.54) is 0 Å². The first-order chi connectivity index (χ1) is 14.5. The van der Waals surface area contributed by atoms with Gasteiger partial charge < -0.3 is 19.9 Å². The van der Waals surface area contributed by atoms with Crippen molar-refractivity contribution >= 4 is 23.2 Å². The number of hydrogen-bond donors (Lipinski definition) is 1. The highest BCUT2D eigenvalue weighted by Gasteiger charge is 2.21. The molecule has 0 aromatic heterocycles. The quantitative estimate of drug-likeness (QED) is 0.282. The minimum absolute atomic E-state index is 0.0411. The summed E-state index contributed by atoms with van der Waals surface area (Å²) in [6, 6.07) is 20.5. The van der Waals surface area contributed by atoms with Gasteiger partial charge >= 0.3 is 0 Å². The number of para-hydroxylation sites is 1. The van der Waals surface area contributed by atoms with Crippen molar-refractivity contribution < 1.29 is 19.0 Å². The number of ether oxygens (including phenoxy) is 3. The van der Waals surface area contributed by atoms with Gasteiger partial charge in [0, 0.05) is 27.8 Å². The van der Waals surface area contributed by atoms with E-state index in [1.54, 1.807) is 57.4 Å². The molecule has 0 aliphatic carbocycles. The third-order valence-corrected chi connectivity index (χ3v) is 6.10. The van der Waals surface area contributed by atoms with E-state index < -0.39 is 0 Å². The molecule has 3 rings (SSSR count). The van der Waals surface area contributed by atoms with E-state index in [1.807, 2.05) is 42.5 Å². The Morgan fingerprint density at radius 3 is 2.23 bits per heavy atom. The number of Topliss-reactive ketones (excluding diaryl/α,β-unsaturated/α-hetero) is 1. The zero-order chi connectivity index (χ0) is 21.5. The zero-order valence-electron chi connectivity index (χ0n) is 17.3. The smallest absolute Gasteiger partial charge is 0.164 e. The Labute approximate surface area is 181 Å². The molecule has 1 atom stereocenters. The molecule has 156 valence electrons. The van der Waals surface area contributed by atoms with Crippen LogP contribution in [-0.2, 0) is 0 Å². The monoisotopic (exact) mass is 423 g/mol. The van der Waals surface area contributed by atoms with Gasteiger partial charge in [0.15, 0.2) is 17.3 Å². The van der Waals surface area contributed by atoms with Crippen molar-refractivity contribution in [1.82, 2.24) is 0 Å². The van der Waals surface area contributed by atoms with Crippen LogP contribution < -0.4 is 19.9 Å². The second-order valence-electron chi connectivity index (χ2n) is 6.61. The molecule has 5 nitrogen and oxygen atoms in total. The molecule has 0 fully saturated rings. The van der Waals surface area contributed by atoms with Crippen LogP contribution in [0.1, 0.15) is 27.6 Å². The van der Waals surface area contributed by atoms with Crippen molar-refractivity contribution in [3.8, 4) is 17.2 Å². The van der Waals surface area contributed by atoms with Gasteiger partial charge in [0.1, 0.15) is 5.75 Å². The highest BCUT2D eigenvalue weighted by Crippen LogP contribution is 2.43. The molecule has 0 spiro atoms. The molecule has 0 bridgehead atoms. The number of nitrogen functional groups attached to an aromatic ring is 1. The third kappa shape index (κ3) is 5.07. The average molecular weight is 424 g/mol. The molecule has 3 aromatic carbocycles. The summed E-state index contributed by atoms with van der Waals surface area (Å²) in [5, 5.41) is -0.149. The Kier molecular flexibility index (Phi) is 7.25. The first-order valence-electron chi connectivity index (χ1n) is 9.46. The van der Waals surface area contributed by atoms with Gasteiger partial charge in [-0.25, -0.2) is 0 Å². The van der Waals surface area contributed by atoms with E-state index in [0.29, 0.717) is 29.2 Å². The van der Waals surface area contributed by atoms with Gasteiger partial charge in [-0.3, -0.25) is 4.79 Å². The fourth-order valence-electron chi connectivity index (χ4n) is 3.08. The minimum atomic E-state index is -0.149. The zero-order valence-corrected chi connectivity index (χ0v) is 18.1. The Morgan fingerprint density at radius 2 is 1.60 bits per heavy atom. The van der Waals surface area contributed by atoms with E-state index in [9.17, 15) is 4.79 Å². The largest absolute Gasteiger partial charge is 0.497 e. The summed E-state index contributed by atoms with van der Waals surface area (Å²) in [6.45, 7) is 0. The number of benzene rings is 3. The van der Waals surface area contributed by atoms with Crippen molar-refractivity contribution in [2.24, 2.45) is 0 Å². The lowest BCUT2D eigenvalue weighted by atomic mass is 10.0. The highest BCUT2D eigenvalue weighted by molar-refractivity contribution is 7.99. The lowest BCUT2D eigenvalue weighted by Crippen LogP contribution is -2.06. The summed E-state index contributed by atoms with van der Waals surface area (Å²) in [5.74, 6) is 2.03. The van der Waals surface area contributed by atoms with Crippen molar-refractivity contribution in [2.75, 3.05) is 27.1 Å². The molecule has 2 N–H and O–H groups in total. The van der Waals surface area contributed by atoms with Crippen molar-refractivity contribution in [2.45, 2.75) is 16.6 Å². The van der Waals surface area contributed by atoms with Crippen LogP contribution in [0.15, 0.2) is 71.6 Å². The summed E-state index contributed by atoms with van der Waals surface area (Å²) >= 11 is 1.56. The number of methoxy groups -OCH3 is 3. The lowest BCUT2D eigenvalue weighted by molar-refractivity contribution is 0.0982. The first kappa shape index (κ1) is 21.6. The second-order valence-corrected chi connectivity index (χ2v) is 7.86. The Bertz CT molecular complexity index is 1000. The molecular weight excluding hydrogens is 398 g/mol. The Balaban J connectivity index is 1.92. The maximum absolute atomic E-state index is 13.0. The van der Waals surface area contributed by atoms with Crippen LogP contribution >= 0.6 is 11.8 Å². The fraction of sp³-hybridized carbons (Fsp3) is 0.208. The van der Waals surface area contributed by atoms with Crippen LogP contribution in [0.2, 0.25) is 0 Å². The van der Waals surface area contributed by atoms with Crippen LogP contribution in [0, 0.1) is 0 Å². The van der Waals surface area contributed by atoms with E-state index in [2.05, 4.69) is 0 Å². The first-order valence-corrected chi connectivity index (χ1v) is 10.3. The van der Waals surface area contributed by atoms with Gasteiger partial charge in [-0.05, 0) is 54.1 Å². The SMILES string of the molecule is COc1ccc(C(=O)CC(Sc2ccccc2N)c2ccc(OC)c(OC)c2)cc1. The topological polar surface area (TPSA) is 70.8 Å². The van der Waals surface area contributed by atoms with Crippen LogP contribution in [-0.4, -0.2) is 27.1 Å². The van der Waals surface area contributed by atoms with Crippen LogP contribution in [0.5, 0.6) is 17.2 Å². The predicted octanol–water partition coefficient (Wildman–Crippen LogP) is 5.40. The van der Waals surface area contributed by atoms with Crippen molar-refractivity contribution in [3.63, 3.8) is 0 Å². The molecular formula is C24H25NO4S. The predicted molar refractivity (Wildman–Crippen MR) is 121 cm³/mol. The van der Waals surface area contributed by atoms with Gasteiger partial charge in [0.2, 0.25) is 0 Å². The van der Waals surface area contributed by atoms with Gasteiger partial charge in [-0.1, -0.05) is 18.2 Å². The summed E-state index contributed by atoms with van der Waals surface area (Å²) in [4.78, 5) is 14.0. The normalized spacial score (nSPS) is 11.6. The van der Waals surface area contributed by atoms with Crippen molar-refractivity contribution in [3.05, 3.63) is 77.9 Å².